The Morgan fingerprint density at radius 1 is 0.324 bits per heavy atom. The Balaban J connectivity index is -0.000000190. The van der Waals surface area contributed by atoms with E-state index in [1.807, 2.05) is 132 Å². The molecule has 0 aliphatic heterocycles. The van der Waals surface area contributed by atoms with E-state index in [4.69, 9.17) is 0 Å². The lowest BCUT2D eigenvalue weighted by Gasteiger charge is -2.05. The maximum absolute atomic E-state index is 2.12. The molecule has 3 aromatic carbocycles. The fraction of sp³-hybridized carbons (Fsp3) is 0.514. The molecule has 37 heavy (non-hydrogen) atoms. The monoisotopic (exact) mass is 509 g/mol. The second-order valence-electron chi connectivity index (χ2n) is 7.01. The van der Waals surface area contributed by atoms with Crippen LogP contribution in [0, 0.1) is 11.8 Å². The molecule has 0 heteroatoms. The van der Waals surface area contributed by atoms with E-state index in [1.165, 1.54) is 23.0 Å². The summed E-state index contributed by atoms with van der Waals surface area (Å²) < 4.78 is 0. The van der Waals surface area contributed by atoms with Crippen LogP contribution >= 0.6 is 0 Å². The van der Waals surface area contributed by atoms with Gasteiger partial charge >= 0.3 is 0 Å². The van der Waals surface area contributed by atoms with E-state index < -0.39 is 0 Å². The number of hydrogen-bond acceptors (Lipinski definition) is 0. The van der Waals surface area contributed by atoms with Gasteiger partial charge in [-0.2, -0.15) is 0 Å². The van der Waals surface area contributed by atoms with Gasteiger partial charge in [-0.1, -0.05) is 206 Å². The lowest BCUT2D eigenvalue weighted by atomic mass is 10.0. The Bertz CT molecular complexity index is 606. The van der Waals surface area contributed by atoms with Gasteiger partial charge in [0.1, 0.15) is 0 Å². The molecule has 2 fully saturated rings. The van der Waals surface area contributed by atoms with Crippen LogP contribution in [0.1, 0.15) is 115 Å². The van der Waals surface area contributed by atoms with Crippen molar-refractivity contribution < 1.29 is 0 Å². The zero-order chi connectivity index (χ0) is 29.2. The molecule has 0 nitrogen and oxygen atoms in total. The van der Waals surface area contributed by atoms with Crippen LogP contribution in [0.4, 0.5) is 0 Å². The van der Waals surface area contributed by atoms with Crippen LogP contribution in [0.2, 0.25) is 0 Å². The quantitative estimate of drug-likeness (QED) is 0.306. The second kappa shape index (κ2) is 38.2. The van der Waals surface area contributed by atoms with E-state index >= 15 is 0 Å². The average molecular weight is 509 g/mol. The van der Waals surface area contributed by atoms with Crippen molar-refractivity contribution in [3.8, 4) is 11.1 Å². The van der Waals surface area contributed by atoms with Crippen LogP contribution in [-0.4, -0.2) is 0 Å². The molecule has 2 saturated carbocycles. The first kappa shape index (κ1) is 41.8. The van der Waals surface area contributed by atoms with Gasteiger partial charge in [0.2, 0.25) is 0 Å². The summed E-state index contributed by atoms with van der Waals surface area (Å²) in [6.45, 7) is 24.0. The van der Waals surface area contributed by atoms with Crippen LogP contribution in [0.25, 0.3) is 11.1 Å². The Labute approximate surface area is 235 Å². The molecule has 0 radical (unpaired) electrons. The maximum Gasteiger partial charge on any atom is -0.0184 e. The Kier molecular flexibility index (Phi) is 43.1. The van der Waals surface area contributed by atoms with E-state index in [1.54, 1.807) is 32.1 Å². The standard InChI is InChI=1S/C12H10.C7H12.C6H6.6C2H6/c1-3-7-11(8-4-1)12-9-5-2-6-10-12;1-2-7-4-3-6(1)5-7;1-2-4-6-5-3-1;6*1-2/h1-10H;6-7H,1-5H2;1-6H;6*1-2H3. The van der Waals surface area contributed by atoms with Gasteiger partial charge in [-0.05, 0) is 29.4 Å². The van der Waals surface area contributed by atoms with Crippen LogP contribution in [0.3, 0.4) is 0 Å². The zero-order valence-corrected chi connectivity index (χ0v) is 26.9. The first-order chi connectivity index (χ1) is 18.4. The molecular weight excluding hydrogens is 444 g/mol. The number of benzene rings is 3. The Morgan fingerprint density at radius 3 is 0.676 bits per heavy atom. The third-order valence-corrected chi connectivity index (χ3v) is 5.18. The summed E-state index contributed by atoms with van der Waals surface area (Å²) >= 11 is 0. The fourth-order valence-corrected chi connectivity index (χ4v) is 3.82. The molecule has 0 amide bonds. The summed E-state index contributed by atoms with van der Waals surface area (Å²) in [5, 5.41) is 0. The van der Waals surface area contributed by atoms with E-state index in [0.29, 0.717) is 0 Å². The molecule has 3 aromatic rings. The topological polar surface area (TPSA) is 0 Å². The van der Waals surface area contributed by atoms with Crippen molar-refractivity contribution in [1.82, 2.24) is 0 Å². The number of fused-ring (bicyclic) bond motifs is 2. The normalized spacial score (nSPS) is 14.5. The summed E-state index contributed by atoms with van der Waals surface area (Å²) in [7, 11) is 0. The first-order valence-electron chi connectivity index (χ1n) is 15.5. The number of hydrogen-bond donors (Lipinski definition) is 0. The Morgan fingerprint density at radius 2 is 0.514 bits per heavy atom. The van der Waals surface area contributed by atoms with Gasteiger partial charge in [-0.3, -0.25) is 0 Å². The highest BCUT2D eigenvalue weighted by Crippen LogP contribution is 2.43. The third-order valence-electron chi connectivity index (χ3n) is 5.18. The largest absolute Gasteiger partial charge is 0.0683 e. The van der Waals surface area contributed by atoms with Gasteiger partial charge < -0.3 is 0 Å². The van der Waals surface area contributed by atoms with Gasteiger partial charge in [0.25, 0.3) is 0 Å². The van der Waals surface area contributed by atoms with Crippen molar-refractivity contribution >= 4 is 0 Å². The predicted molar refractivity (Wildman–Crippen MR) is 176 cm³/mol. The summed E-state index contributed by atoms with van der Waals surface area (Å²) in [4.78, 5) is 0. The smallest absolute Gasteiger partial charge is 0.0184 e. The van der Waals surface area contributed by atoms with Crippen LogP contribution < -0.4 is 0 Å². The van der Waals surface area contributed by atoms with Gasteiger partial charge in [0.15, 0.2) is 0 Å². The molecule has 2 aliphatic rings. The molecule has 0 aromatic heterocycles. The fourth-order valence-electron chi connectivity index (χ4n) is 3.82. The highest BCUT2D eigenvalue weighted by atomic mass is 14.4. The summed E-state index contributed by atoms with van der Waals surface area (Å²) in [5.41, 5.74) is 2.55. The average Bonchev–Trinajstić information content (AvgIpc) is 3.72. The summed E-state index contributed by atoms with van der Waals surface area (Å²) in [6.07, 6.45) is 7.82. The maximum atomic E-state index is 2.12. The highest BCUT2D eigenvalue weighted by Gasteiger charge is 2.30. The summed E-state index contributed by atoms with van der Waals surface area (Å²) in [6, 6.07) is 32.8. The van der Waals surface area contributed by atoms with Crippen LogP contribution in [-0.2, 0) is 0 Å². The van der Waals surface area contributed by atoms with Crippen molar-refractivity contribution in [2.75, 3.05) is 0 Å². The molecule has 5 rings (SSSR count). The van der Waals surface area contributed by atoms with Gasteiger partial charge in [-0.15, -0.1) is 0 Å². The molecule has 0 unspecified atom stereocenters. The van der Waals surface area contributed by atoms with E-state index in [9.17, 15) is 0 Å². The minimum atomic E-state index is 1.17. The van der Waals surface area contributed by atoms with E-state index in [0.717, 1.165) is 0 Å². The third kappa shape index (κ3) is 23.8. The minimum absolute atomic E-state index is 1.17. The second-order valence-corrected chi connectivity index (χ2v) is 7.01. The van der Waals surface area contributed by atoms with Gasteiger partial charge in [0.05, 0.1) is 0 Å². The minimum Gasteiger partial charge on any atom is -0.0683 e. The first-order valence-corrected chi connectivity index (χ1v) is 15.5. The van der Waals surface area contributed by atoms with Crippen LogP contribution in [0.5, 0.6) is 0 Å². The van der Waals surface area contributed by atoms with Gasteiger partial charge in [0, 0.05) is 0 Å². The van der Waals surface area contributed by atoms with Crippen molar-refractivity contribution in [3.63, 3.8) is 0 Å². The van der Waals surface area contributed by atoms with Gasteiger partial charge in [-0.25, -0.2) is 0 Å². The van der Waals surface area contributed by atoms with Crippen molar-refractivity contribution in [1.29, 1.82) is 0 Å². The van der Waals surface area contributed by atoms with Crippen molar-refractivity contribution in [3.05, 3.63) is 97.1 Å². The van der Waals surface area contributed by atoms with Crippen molar-refractivity contribution in [2.45, 2.75) is 115 Å². The molecule has 0 N–H and O–H groups in total. The van der Waals surface area contributed by atoms with Crippen molar-refractivity contribution in [2.24, 2.45) is 11.8 Å². The Hall–Kier alpha value is -2.34. The molecule has 212 valence electrons. The lowest BCUT2D eigenvalue weighted by Crippen LogP contribution is -1.90. The molecule has 0 spiro atoms. The molecular formula is C37H64. The molecule has 0 atom stereocenters. The highest BCUT2D eigenvalue weighted by molar-refractivity contribution is 5.62. The molecule has 0 saturated heterocycles. The molecule has 0 heterocycles. The molecule has 2 bridgehead atoms. The van der Waals surface area contributed by atoms with Crippen LogP contribution in [0.15, 0.2) is 97.1 Å². The molecule has 2 aliphatic carbocycles. The summed E-state index contributed by atoms with van der Waals surface area (Å²) in [5.74, 6) is 2.34. The SMILES string of the molecule is C1CC2CCC1C2.CC.CC.CC.CC.CC.CC.c1ccc(-c2ccccc2)cc1.c1ccccc1. The van der Waals surface area contributed by atoms with E-state index in [-0.39, 0.29) is 0 Å². The van der Waals surface area contributed by atoms with E-state index in [2.05, 4.69) is 48.5 Å². The predicted octanol–water partition coefficient (Wildman–Crippen LogP) is 13.4. The lowest BCUT2D eigenvalue weighted by molar-refractivity contribution is 0.480. The number of rotatable bonds is 1. The zero-order valence-electron chi connectivity index (χ0n) is 26.9.